The second-order valence-electron chi connectivity index (χ2n) is 6.78. The van der Waals surface area contributed by atoms with Gasteiger partial charge in [0.2, 0.25) is 5.75 Å². The van der Waals surface area contributed by atoms with E-state index in [9.17, 15) is 0 Å². The minimum atomic E-state index is 0.187. The highest BCUT2D eigenvalue weighted by molar-refractivity contribution is 5.91. The van der Waals surface area contributed by atoms with E-state index in [4.69, 9.17) is 19.4 Å². The maximum Gasteiger partial charge on any atom is 0.204 e. The normalized spacial score (nSPS) is 14.7. The Kier molecular flexibility index (Phi) is 4.81. The molecule has 0 atom stereocenters. The largest absolute Gasteiger partial charge is 0.490 e. The van der Waals surface area contributed by atoms with Crippen LogP contribution in [-0.2, 0) is 4.74 Å². The third-order valence-corrected chi connectivity index (χ3v) is 4.60. The van der Waals surface area contributed by atoms with E-state index in [1.165, 1.54) is 0 Å². The average Bonchev–Trinajstić information content (AvgIpc) is 3.11. The van der Waals surface area contributed by atoms with Crippen LogP contribution in [0.3, 0.4) is 0 Å². The third kappa shape index (κ3) is 3.40. The summed E-state index contributed by atoms with van der Waals surface area (Å²) in [6.45, 7) is 7.07. The fourth-order valence-corrected chi connectivity index (χ4v) is 3.15. The zero-order chi connectivity index (χ0) is 18.8. The smallest absolute Gasteiger partial charge is 0.204 e. The van der Waals surface area contributed by atoms with Crippen LogP contribution < -0.4 is 15.0 Å². The molecule has 27 heavy (non-hydrogen) atoms. The van der Waals surface area contributed by atoms with Crippen molar-refractivity contribution in [2.45, 2.75) is 19.8 Å². The van der Waals surface area contributed by atoms with Crippen molar-refractivity contribution < 1.29 is 9.47 Å². The van der Waals surface area contributed by atoms with Crippen molar-refractivity contribution in [3.8, 4) is 5.75 Å². The van der Waals surface area contributed by atoms with Crippen LogP contribution in [-0.4, -0.2) is 53.6 Å². The van der Waals surface area contributed by atoms with Crippen LogP contribution in [0.2, 0.25) is 0 Å². The predicted molar refractivity (Wildman–Crippen MR) is 105 cm³/mol. The highest BCUT2D eigenvalue weighted by Crippen LogP contribution is 2.37. The topological polar surface area (TPSA) is 88.2 Å². The number of benzene rings is 1. The molecule has 1 aliphatic heterocycles. The molecule has 1 fully saturated rings. The summed E-state index contributed by atoms with van der Waals surface area (Å²) in [5, 5.41) is 11.8. The molecule has 1 saturated heterocycles. The third-order valence-electron chi connectivity index (χ3n) is 4.60. The second kappa shape index (κ2) is 7.40. The number of H-pyrrole nitrogens is 1. The van der Waals surface area contributed by atoms with Gasteiger partial charge in [-0.05, 0) is 12.1 Å². The fourth-order valence-electron chi connectivity index (χ4n) is 3.15. The van der Waals surface area contributed by atoms with Crippen molar-refractivity contribution in [1.29, 1.82) is 0 Å². The number of nitrogens with one attached hydrogen (secondary N) is 2. The van der Waals surface area contributed by atoms with Gasteiger partial charge in [-0.25, -0.2) is 9.97 Å². The second-order valence-corrected chi connectivity index (χ2v) is 6.78. The summed E-state index contributed by atoms with van der Waals surface area (Å²) < 4.78 is 11.2. The number of anilines is 3. The molecule has 0 saturated carbocycles. The van der Waals surface area contributed by atoms with E-state index in [1.54, 1.807) is 7.11 Å². The number of rotatable bonds is 5. The SMILES string of the molecule is COc1c(Nc2n[nH]c3ccccc23)nc(C(C)C)nc1N1CCOCC1. The van der Waals surface area contributed by atoms with E-state index in [0.29, 0.717) is 30.6 Å². The van der Waals surface area contributed by atoms with Crippen molar-refractivity contribution in [3.05, 3.63) is 30.1 Å². The Hall–Kier alpha value is -2.87. The molecule has 0 bridgehead atoms. The van der Waals surface area contributed by atoms with Gasteiger partial charge in [0, 0.05) is 24.4 Å². The molecule has 8 heteroatoms. The molecule has 1 aromatic carbocycles. The maximum absolute atomic E-state index is 5.72. The molecular weight excluding hydrogens is 344 g/mol. The molecule has 3 aromatic rings. The lowest BCUT2D eigenvalue weighted by Crippen LogP contribution is -2.37. The average molecular weight is 368 g/mol. The predicted octanol–water partition coefficient (Wildman–Crippen LogP) is 3.07. The molecule has 0 amide bonds. The Morgan fingerprint density at radius 3 is 2.67 bits per heavy atom. The summed E-state index contributed by atoms with van der Waals surface area (Å²) in [7, 11) is 1.64. The first kappa shape index (κ1) is 17.5. The zero-order valence-electron chi connectivity index (χ0n) is 15.8. The van der Waals surface area contributed by atoms with Gasteiger partial charge in [0.1, 0.15) is 5.82 Å². The van der Waals surface area contributed by atoms with Crippen LogP contribution in [0.1, 0.15) is 25.6 Å². The number of hydrogen-bond donors (Lipinski definition) is 2. The van der Waals surface area contributed by atoms with Crippen molar-refractivity contribution in [2.24, 2.45) is 0 Å². The minimum Gasteiger partial charge on any atom is -0.490 e. The van der Waals surface area contributed by atoms with Gasteiger partial charge >= 0.3 is 0 Å². The maximum atomic E-state index is 5.72. The molecule has 3 heterocycles. The lowest BCUT2D eigenvalue weighted by atomic mass is 10.2. The van der Waals surface area contributed by atoms with Crippen LogP contribution in [0, 0.1) is 0 Å². The first-order valence-electron chi connectivity index (χ1n) is 9.16. The van der Waals surface area contributed by atoms with Crippen molar-refractivity contribution >= 4 is 28.4 Å². The van der Waals surface area contributed by atoms with Gasteiger partial charge in [0.25, 0.3) is 0 Å². The summed E-state index contributed by atoms with van der Waals surface area (Å²) in [5.41, 5.74) is 0.963. The Labute approximate surface area is 157 Å². The highest BCUT2D eigenvalue weighted by Gasteiger charge is 2.24. The van der Waals surface area contributed by atoms with Crippen molar-refractivity contribution in [2.75, 3.05) is 43.6 Å². The van der Waals surface area contributed by atoms with E-state index >= 15 is 0 Å². The van der Waals surface area contributed by atoms with Gasteiger partial charge in [0.05, 0.1) is 25.8 Å². The number of aromatic nitrogens is 4. The summed E-state index contributed by atoms with van der Waals surface area (Å²) in [5.74, 6) is 3.70. The number of nitrogens with zero attached hydrogens (tertiary/aromatic N) is 4. The number of morpholine rings is 1. The van der Waals surface area contributed by atoms with E-state index < -0.39 is 0 Å². The van der Waals surface area contributed by atoms with Gasteiger partial charge in [-0.1, -0.05) is 26.0 Å². The molecule has 4 rings (SSSR count). The summed E-state index contributed by atoms with van der Waals surface area (Å²) in [4.78, 5) is 11.7. The zero-order valence-corrected chi connectivity index (χ0v) is 15.8. The fraction of sp³-hybridized carbons (Fsp3) is 0.421. The lowest BCUT2D eigenvalue weighted by molar-refractivity contribution is 0.122. The van der Waals surface area contributed by atoms with Gasteiger partial charge in [-0.15, -0.1) is 0 Å². The van der Waals surface area contributed by atoms with E-state index in [2.05, 4.69) is 34.3 Å². The summed E-state index contributed by atoms with van der Waals surface area (Å²) in [6.07, 6.45) is 0. The standard InChI is InChI=1S/C19H24N6O2/c1-12(2)16-20-18(21-17-13-6-4-5-7-14(13)23-24-17)15(26-3)19(22-16)25-8-10-27-11-9-25/h4-7,12H,8-11H2,1-3H3,(H2,20,21,22,23,24). The van der Waals surface area contributed by atoms with Gasteiger partial charge < -0.3 is 19.7 Å². The van der Waals surface area contributed by atoms with Crippen LogP contribution in [0.25, 0.3) is 10.9 Å². The molecule has 0 aliphatic carbocycles. The molecular formula is C19H24N6O2. The monoisotopic (exact) mass is 368 g/mol. The minimum absolute atomic E-state index is 0.187. The van der Waals surface area contributed by atoms with Crippen LogP contribution in [0.4, 0.5) is 17.5 Å². The quantitative estimate of drug-likeness (QED) is 0.715. The number of methoxy groups -OCH3 is 1. The Bertz CT molecular complexity index is 933. The molecule has 0 radical (unpaired) electrons. The Morgan fingerprint density at radius 2 is 1.93 bits per heavy atom. The van der Waals surface area contributed by atoms with Crippen molar-refractivity contribution in [1.82, 2.24) is 20.2 Å². The van der Waals surface area contributed by atoms with E-state index in [0.717, 1.165) is 35.6 Å². The number of hydrogen-bond acceptors (Lipinski definition) is 7. The van der Waals surface area contributed by atoms with E-state index in [-0.39, 0.29) is 5.92 Å². The first-order valence-corrected chi connectivity index (χ1v) is 9.16. The van der Waals surface area contributed by atoms with Crippen LogP contribution >= 0.6 is 0 Å². The molecule has 142 valence electrons. The number of para-hydroxylation sites is 1. The van der Waals surface area contributed by atoms with Crippen molar-refractivity contribution in [3.63, 3.8) is 0 Å². The van der Waals surface area contributed by atoms with E-state index in [1.807, 2.05) is 24.3 Å². The molecule has 2 aromatic heterocycles. The van der Waals surface area contributed by atoms with Crippen LogP contribution in [0.5, 0.6) is 5.75 Å². The Morgan fingerprint density at radius 1 is 1.15 bits per heavy atom. The van der Waals surface area contributed by atoms with Crippen LogP contribution in [0.15, 0.2) is 24.3 Å². The molecule has 2 N–H and O–H groups in total. The summed E-state index contributed by atoms with van der Waals surface area (Å²) in [6, 6.07) is 7.96. The van der Waals surface area contributed by atoms with Gasteiger partial charge in [0.15, 0.2) is 17.5 Å². The van der Waals surface area contributed by atoms with Gasteiger partial charge in [-0.2, -0.15) is 5.10 Å². The molecule has 1 aliphatic rings. The molecule has 0 unspecified atom stereocenters. The summed E-state index contributed by atoms with van der Waals surface area (Å²) >= 11 is 0. The molecule has 8 nitrogen and oxygen atoms in total. The number of ether oxygens (including phenoxy) is 2. The Balaban J connectivity index is 1.79. The first-order chi connectivity index (χ1) is 13.2. The van der Waals surface area contributed by atoms with Gasteiger partial charge in [-0.3, -0.25) is 5.10 Å². The number of fused-ring (bicyclic) bond motifs is 1. The number of aromatic amines is 1. The molecule has 0 spiro atoms. The highest BCUT2D eigenvalue weighted by atomic mass is 16.5. The lowest BCUT2D eigenvalue weighted by Gasteiger charge is -2.30.